The highest BCUT2D eigenvalue weighted by atomic mass is 16.3. The molecule has 1 amide bonds. The maximum Gasteiger partial charge on any atom is 0.220 e. The number of amides is 1. The molecule has 0 saturated heterocycles. The molecule has 0 aromatic heterocycles. The normalized spacial score (nSPS) is 13.7. The third-order valence-electron chi connectivity index (χ3n) is 7.10. The average molecular weight is 534 g/mol. The van der Waals surface area contributed by atoms with Crippen LogP contribution in [0.1, 0.15) is 155 Å². The summed E-state index contributed by atoms with van der Waals surface area (Å²) < 4.78 is 0. The van der Waals surface area contributed by atoms with Gasteiger partial charge in [0.25, 0.3) is 0 Å². The number of unbranched alkanes of at least 4 members (excludes halogenated alkanes) is 17. The van der Waals surface area contributed by atoms with Crippen molar-refractivity contribution >= 4 is 5.91 Å². The second-order valence-electron chi connectivity index (χ2n) is 10.9. The molecule has 222 valence electrons. The molecular formula is C34H63NO3. The minimum absolute atomic E-state index is 0.0872. The van der Waals surface area contributed by atoms with Gasteiger partial charge in [0.15, 0.2) is 0 Å². The van der Waals surface area contributed by atoms with Gasteiger partial charge in [-0.15, -0.1) is 0 Å². The smallest absolute Gasteiger partial charge is 0.220 e. The molecule has 2 unspecified atom stereocenters. The summed E-state index contributed by atoms with van der Waals surface area (Å²) in [5.41, 5.74) is 0. The van der Waals surface area contributed by atoms with Crippen LogP contribution in [0.25, 0.3) is 0 Å². The Balaban J connectivity index is 3.70. The van der Waals surface area contributed by atoms with E-state index in [0.717, 1.165) is 44.9 Å². The standard InChI is InChI=1S/C34H63NO3/c1-3-5-7-9-11-13-15-16-17-18-19-20-22-24-26-28-30-34(38)35-32(31-36)33(37)29-27-25-23-21-14-12-10-8-6-4-2/h14,17-18,21,27,29,32-33,36-37H,3-13,15-16,19-20,22-26,28,30-31H2,1-2H3,(H,35,38)/b18-17-,21-14+,29-27+. The van der Waals surface area contributed by atoms with Crippen LogP contribution < -0.4 is 5.32 Å². The van der Waals surface area contributed by atoms with Crippen LogP contribution in [0.2, 0.25) is 0 Å². The summed E-state index contributed by atoms with van der Waals surface area (Å²) in [6.07, 6.45) is 37.9. The number of rotatable bonds is 28. The fourth-order valence-corrected chi connectivity index (χ4v) is 4.54. The molecule has 3 N–H and O–H groups in total. The van der Waals surface area contributed by atoms with E-state index in [-0.39, 0.29) is 12.5 Å². The first-order valence-corrected chi connectivity index (χ1v) is 16.2. The highest BCUT2D eigenvalue weighted by molar-refractivity contribution is 5.76. The van der Waals surface area contributed by atoms with Gasteiger partial charge in [0.2, 0.25) is 5.91 Å². The average Bonchev–Trinajstić information content (AvgIpc) is 2.92. The van der Waals surface area contributed by atoms with Crippen molar-refractivity contribution in [3.05, 3.63) is 36.5 Å². The summed E-state index contributed by atoms with van der Waals surface area (Å²) in [5.74, 6) is -0.0872. The molecule has 0 heterocycles. The fraction of sp³-hybridized carbons (Fsp3) is 0.794. The Kier molecular flexibility index (Phi) is 29.1. The molecule has 2 atom stereocenters. The van der Waals surface area contributed by atoms with Gasteiger partial charge in [-0.3, -0.25) is 4.79 Å². The van der Waals surface area contributed by atoms with Crippen LogP contribution in [0.3, 0.4) is 0 Å². The van der Waals surface area contributed by atoms with Crippen molar-refractivity contribution in [1.29, 1.82) is 0 Å². The molecule has 0 aliphatic rings. The Bertz CT molecular complexity index is 584. The number of allylic oxidation sites excluding steroid dienone is 5. The Hall–Kier alpha value is -1.39. The highest BCUT2D eigenvalue weighted by Gasteiger charge is 2.17. The van der Waals surface area contributed by atoms with Crippen LogP contribution in [-0.2, 0) is 4.79 Å². The minimum atomic E-state index is -0.860. The van der Waals surface area contributed by atoms with E-state index in [4.69, 9.17) is 0 Å². The SMILES string of the molecule is CCCCCC/C=C/CC/C=C/C(O)C(CO)NC(=O)CCCCCCC/C=C\CCCCCCCCC. The van der Waals surface area contributed by atoms with Gasteiger partial charge in [0.05, 0.1) is 18.8 Å². The molecule has 0 saturated carbocycles. The number of aliphatic hydroxyl groups is 2. The molecular weight excluding hydrogens is 470 g/mol. The molecule has 0 aromatic carbocycles. The number of carbonyl (C=O) groups is 1. The largest absolute Gasteiger partial charge is 0.394 e. The zero-order valence-corrected chi connectivity index (χ0v) is 25.2. The summed E-state index contributed by atoms with van der Waals surface area (Å²) in [7, 11) is 0. The minimum Gasteiger partial charge on any atom is -0.394 e. The molecule has 0 aliphatic carbocycles. The van der Waals surface area contributed by atoms with E-state index in [1.807, 2.05) is 6.08 Å². The predicted octanol–water partition coefficient (Wildman–Crippen LogP) is 9.12. The van der Waals surface area contributed by atoms with Crippen molar-refractivity contribution < 1.29 is 15.0 Å². The summed E-state index contributed by atoms with van der Waals surface area (Å²) >= 11 is 0. The van der Waals surface area contributed by atoms with Crippen molar-refractivity contribution in [2.24, 2.45) is 0 Å². The van der Waals surface area contributed by atoms with Gasteiger partial charge in [-0.1, -0.05) is 127 Å². The van der Waals surface area contributed by atoms with E-state index in [1.165, 1.54) is 89.9 Å². The molecule has 0 fully saturated rings. The number of hydrogen-bond acceptors (Lipinski definition) is 3. The Morgan fingerprint density at radius 1 is 0.605 bits per heavy atom. The van der Waals surface area contributed by atoms with E-state index in [2.05, 4.69) is 43.5 Å². The van der Waals surface area contributed by atoms with E-state index < -0.39 is 12.1 Å². The summed E-state index contributed by atoms with van der Waals surface area (Å²) in [4.78, 5) is 12.2. The maximum absolute atomic E-state index is 12.2. The number of carbonyl (C=O) groups excluding carboxylic acids is 1. The quantitative estimate of drug-likeness (QED) is 0.0693. The molecule has 4 nitrogen and oxygen atoms in total. The second kappa shape index (κ2) is 30.2. The lowest BCUT2D eigenvalue weighted by atomic mass is 10.1. The van der Waals surface area contributed by atoms with E-state index in [0.29, 0.717) is 6.42 Å². The van der Waals surface area contributed by atoms with Gasteiger partial charge >= 0.3 is 0 Å². The highest BCUT2D eigenvalue weighted by Crippen LogP contribution is 2.11. The third-order valence-corrected chi connectivity index (χ3v) is 7.10. The maximum atomic E-state index is 12.2. The molecule has 0 rings (SSSR count). The van der Waals surface area contributed by atoms with E-state index >= 15 is 0 Å². The van der Waals surface area contributed by atoms with Crippen molar-refractivity contribution in [1.82, 2.24) is 5.32 Å². The number of aliphatic hydroxyl groups excluding tert-OH is 2. The molecule has 0 aromatic rings. The van der Waals surface area contributed by atoms with Crippen molar-refractivity contribution in [3.63, 3.8) is 0 Å². The van der Waals surface area contributed by atoms with Gasteiger partial charge in [-0.05, 0) is 57.8 Å². The number of nitrogens with one attached hydrogen (secondary N) is 1. The molecule has 0 spiro atoms. The first-order chi connectivity index (χ1) is 18.7. The van der Waals surface area contributed by atoms with Gasteiger partial charge in [-0.2, -0.15) is 0 Å². The lowest BCUT2D eigenvalue weighted by molar-refractivity contribution is -0.123. The molecule has 0 radical (unpaired) electrons. The molecule has 4 heteroatoms. The zero-order chi connectivity index (χ0) is 27.9. The van der Waals surface area contributed by atoms with Crippen molar-refractivity contribution in [2.75, 3.05) is 6.61 Å². The monoisotopic (exact) mass is 533 g/mol. The van der Waals surface area contributed by atoms with Crippen LogP contribution in [0.4, 0.5) is 0 Å². The summed E-state index contributed by atoms with van der Waals surface area (Å²) in [6.45, 7) is 4.23. The van der Waals surface area contributed by atoms with Crippen LogP contribution in [0.15, 0.2) is 36.5 Å². The van der Waals surface area contributed by atoms with Crippen LogP contribution >= 0.6 is 0 Å². The Morgan fingerprint density at radius 3 is 1.55 bits per heavy atom. The van der Waals surface area contributed by atoms with Gasteiger partial charge in [0, 0.05) is 6.42 Å². The lowest BCUT2D eigenvalue weighted by Crippen LogP contribution is -2.45. The number of hydrogen-bond donors (Lipinski definition) is 3. The summed E-state index contributed by atoms with van der Waals surface area (Å²) in [5, 5.41) is 22.7. The molecule has 0 bridgehead atoms. The Labute approximate surface area is 236 Å². The fourth-order valence-electron chi connectivity index (χ4n) is 4.54. The predicted molar refractivity (Wildman–Crippen MR) is 165 cm³/mol. The topological polar surface area (TPSA) is 69.6 Å². The summed E-state index contributed by atoms with van der Waals surface area (Å²) in [6, 6.07) is -0.638. The molecule has 0 aliphatic heterocycles. The second-order valence-corrected chi connectivity index (χ2v) is 10.9. The van der Waals surface area contributed by atoms with Gasteiger partial charge in [0.1, 0.15) is 0 Å². The van der Waals surface area contributed by atoms with Gasteiger partial charge in [-0.25, -0.2) is 0 Å². The van der Waals surface area contributed by atoms with Crippen LogP contribution in [0, 0.1) is 0 Å². The Morgan fingerprint density at radius 2 is 1.03 bits per heavy atom. The van der Waals surface area contributed by atoms with E-state index in [1.54, 1.807) is 6.08 Å². The third kappa shape index (κ3) is 26.2. The molecule has 38 heavy (non-hydrogen) atoms. The first kappa shape index (κ1) is 36.6. The van der Waals surface area contributed by atoms with E-state index in [9.17, 15) is 15.0 Å². The lowest BCUT2D eigenvalue weighted by Gasteiger charge is -2.19. The zero-order valence-electron chi connectivity index (χ0n) is 25.2. The van der Waals surface area contributed by atoms with Crippen LogP contribution in [-0.4, -0.2) is 34.9 Å². The van der Waals surface area contributed by atoms with Gasteiger partial charge < -0.3 is 15.5 Å². The van der Waals surface area contributed by atoms with Crippen molar-refractivity contribution in [3.8, 4) is 0 Å². The van der Waals surface area contributed by atoms with Crippen LogP contribution in [0.5, 0.6) is 0 Å². The first-order valence-electron chi connectivity index (χ1n) is 16.2. The van der Waals surface area contributed by atoms with Crippen molar-refractivity contribution in [2.45, 2.75) is 167 Å².